The third-order valence-corrected chi connectivity index (χ3v) is 9.29. The Morgan fingerprint density at radius 2 is 2.07 bits per heavy atom. The van der Waals surface area contributed by atoms with Crippen LogP contribution in [0, 0.1) is 17.8 Å². The van der Waals surface area contributed by atoms with Crippen LogP contribution in [0.3, 0.4) is 0 Å². The zero-order chi connectivity index (χ0) is 22.4. The van der Waals surface area contributed by atoms with Crippen molar-refractivity contribution in [2.24, 2.45) is 17.8 Å². The number of rotatable bonds is 9. The van der Waals surface area contributed by atoms with E-state index in [4.69, 9.17) is 0 Å². The summed E-state index contributed by atoms with van der Waals surface area (Å²) in [6, 6.07) is -1.36. The summed E-state index contributed by atoms with van der Waals surface area (Å²) in [6.45, 7) is 11.7. The fourth-order valence-corrected chi connectivity index (χ4v) is 7.87. The van der Waals surface area contributed by atoms with Crippen LogP contribution in [0.15, 0.2) is 12.7 Å². The molecule has 0 aromatic carbocycles. The summed E-state index contributed by atoms with van der Waals surface area (Å²) in [7, 11) is 0. The number of carboxylic acids is 1. The van der Waals surface area contributed by atoms with E-state index in [-0.39, 0.29) is 35.6 Å². The summed E-state index contributed by atoms with van der Waals surface area (Å²) in [5, 5.41) is 20.0. The van der Waals surface area contributed by atoms with Crippen LogP contribution in [0.4, 0.5) is 0 Å². The van der Waals surface area contributed by atoms with E-state index >= 15 is 0 Å². The molecular formula is C22H34N2O5S. The molecule has 168 valence electrons. The number of aliphatic carboxylic acids is 1. The number of carboxylic acid groups (broad SMARTS) is 1. The molecule has 2 unspecified atom stereocenters. The molecule has 3 aliphatic rings. The number of aliphatic hydroxyl groups is 1. The normalized spacial score (nSPS) is 34.2. The van der Waals surface area contributed by atoms with Gasteiger partial charge in [0.05, 0.1) is 29.2 Å². The molecule has 3 heterocycles. The van der Waals surface area contributed by atoms with E-state index in [1.807, 2.05) is 27.7 Å². The van der Waals surface area contributed by atoms with Gasteiger partial charge < -0.3 is 20.0 Å². The predicted molar refractivity (Wildman–Crippen MR) is 116 cm³/mol. The van der Waals surface area contributed by atoms with E-state index in [1.165, 1.54) is 11.8 Å². The Hall–Kier alpha value is -1.54. The minimum absolute atomic E-state index is 0.0122. The fraction of sp³-hybridized carbons (Fsp3) is 0.773. The molecule has 2 bridgehead atoms. The first kappa shape index (κ1) is 23.1. The van der Waals surface area contributed by atoms with Crippen LogP contribution >= 0.6 is 11.8 Å². The molecule has 2 N–H and O–H groups in total. The molecule has 7 nitrogen and oxygen atoms in total. The molecule has 2 amide bonds. The van der Waals surface area contributed by atoms with Crippen LogP contribution in [-0.4, -0.2) is 79.1 Å². The molecule has 0 saturated carbocycles. The average Bonchev–Trinajstić information content (AvgIpc) is 3.33. The Bertz CT molecular complexity index is 728. The highest BCUT2D eigenvalue weighted by Gasteiger charge is 2.74. The van der Waals surface area contributed by atoms with E-state index in [0.29, 0.717) is 19.4 Å². The standard InChI is InChI=1S/C22H34N2O5S/c1-6-10-23(12(3)4)20(27)18-22-9-8-15(30-22)16(21(28)29)17(22)19(26)24(18)14(11-25)13(5)7-2/h6,12-18,25H,1,7-11H2,2-5H3,(H,28,29)/t13-,14-,15-,16+,17-,18?,22?/m0/s1. The molecule has 0 aromatic heterocycles. The summed E-state index contributed by atoms with van der Waals surface area (Å²) < 4.78 is -0.739. The lowest BCUT2D eigenvalue weighted by atomic mass is 9.71. The number of aliphatic hydroxyl groups excluding tert-OH is 1. The molecule has 1 spiro atoms. The molecule has 30 heavy (non-hydrogen) atoms. The van der Waals surface area contributed by atoms with Crippen molar-refractivity contribution in [2.45, 2.75) is 75.1 Å². The van der Waals surface area contributed by atoms with Crippen LogP contribution in [0.25, 0.3) is 0 Å². The van der Waals surface area contributed by atoms with Crippen molar-refractivity contribution in [3.8, 4) is 0 Å². The molecule has 3 rings (SSSR count). The maximum Gasteiger partial charge on any atom is 0.308 e. The highest BCUT2D eigenvalue weighted by atomic mass is 32.2. The van der Waals surface area contributed by atoms with Crippen LogP contribution in [0.1, 0.15) is 47.0 Å². The van der Waals surface area contributed by atoms with Crippen LogP contribution in [0.5, 0.6) is 0 Å². The van der Waals surface area contributed by atoms with Crippen LogP contribution in [-0.2, 0) is 14.4 Å². The highest BCUT2D eigenvalue weighted by molar-refractivity contribution is 8.02. The van der Waals surface area contributed by atoms with E-state index in [0.717, 1.165) is 6.42 Å². The van der Waals surface area contributed by atoms with Gasteiger partial charge in [0, 0.05) is 17.8 Å². The minimum Gasteiger partial charge on any atom is -0.481 e. The quantitative estimate of drug-likeness (QED) is 0.534. The van der Waals surface area contributed by atoms with Gasteiger partial charge in [-0.3, -0.25) is 14.4 Å². The van der Waals surface area contributed by atoms with Crippen molar-refractivity contribution < 1.29 is 24.6 Å². The first-order valence-electron chi connectivity index (χ1n) is 10.9. The van der Waals surface area contributed by atoms with E-state index < -0.39 is 34.6 Å². The Balaban J connectivity index is 2.13. The Morgan fingerprint density at radius 1 is 1.40 bits per heavy atom. The highest BCUT2D eigenvalue weighted by Crippen LogP contribution is 2.66. The molecule has 7 atom stereocenters. The minimum atomic E-state index is -0.962. The number of fused-ring (bicyclic) bond motifs is 1. The molecule has 3 saturated heterocycles. The van der Waals surface area contributed by atoms with Crippen molar-refractivity contribution in [2.75, 3.05) is 13.2 Å². The summed E-state index contributed by atoms with van der Waals surface area (Å²) in [5.41, 5.74) is 0. The van der Waals surface area contributed by atoms with Gasteiger partial charge in [-0.2, -0.15) is 0 Å². The topological polar surface area (TPSA) is 98.2 Å². The molecular weight excluding hydrogens is 404 g/mol. The molecule has 3 aliphatic heterocycles. The number of amides is 2. The lowest BCUT2D eigenvalue weighted by molar-refractivity contribution is -0.150. The predicted octanol–water partition coefficient (Wildman–Crippen LogP) is 1.99. The molecule has 3 fully saturated rings. The first-order valence-corrected chi connectivity index (χ1v) is 11.8. The van der Waals surface area contributed by atoms with Crippen molar-refractivity contribution in [3.63, 3.8) is 0 Å². The largest absolute Gasteiger partial charge is 0.481 e. The van der Waals surface area contributed by atoms with Gasteiger partial charge >= 0.3 is 5.97 Å². The summed E-state index contributed by atoms with van der Waals surface area (Å²) in [4.78, 5) is 43.0. The fourth-order valence-electron chi connectivity index (χ4n) is 5.68. The number of carbonyl (C=O) groups excluding carboxylic acids is 2. The first-order chi connectivity index (χ1) is 14.2. The number of carbonyl (C=O) groups is 3. The van der Waals surface area contributed by atoms with Gasteiger partial charge in [-0.25, -0.2) is 0 Å². The van der Waals surface area contributed by atoms with E-state index in [9.17, 15) is 24.6 Å². The molecule has 0 aromatic rings. The van der Waals surface area contributed by atoms with E-state index in [2.05, 4.69) is 6.58 Å². The van der Waals surface area contributed by atoms with Crippen molar-refractivity contribution in [1.82, 2.24) is 9.80 Å². The van der Waals surface area contributed by atoms with E-state index in [1.54, 1.807) is 15.9 Å². The summed E-state index contributed by atoms with van der Waals surface area (Å²) in [5.74, 6) is -2.92. The van der Waals surface area contributed by atoms with Crippen molar-refractivity contribution in [3.05, 3.63) is 12.7 Å². The van der Waals surface area contributed by atoms with Gasteiger partial charge in [0.25, 0.3) is 0 Å². The number of likely N-dealkylation sites (tertiary alicyclic amines) is 1. The Labute approximate surface area is 182 Å². The van der Waals surface area contributed by atoms with Crippen LogP contribution < -0.4 is 0 Å². The average molecular weight is 439 g/mol. The number of hydrogen-bond acceptors (Lipinski definition) is 5. The SMILES string of the molecule is C=CCN(C(=O)C1N([C@@H](CO)[C@@H](C)CC)C(=O)[C@@H]2[C@H](C(=O)O)[C@@H]3CCC12S3)C(C)C. The maximum atomic E-state index is 13.9. The number of thioether (sulfide) groups is 1. The molecule has 8 heteroatoms. The third-order valence-electron chi connectivity index (χ3n) is 7.33. The second kappa shape index (κ2) is 8.54. The number of nitrogens with zero attached hydrogens (tertiary/aromatic N) is 2. The third kappa shape index (κ3) is 3.27. The van der Waals surface area contributed by atoms with Gasteiger partial charge in [-0.05, 0) is 32.6 Å². The maximum absolute atomic E-state index is 13.9. The zero-order valence-corrected chi connectivity index (χ0v) is 19.1. The van der Waals surface area contributed by atoms with Gasteiger partial charge in [0.15, 0.2) is 0 Å². The van der Waals surface area contributed by atoms with Gasteiger partial charge in [-0.1, -0.05) is 26.3 Å². The van der Waals surface area contributed by atoms with Gasteiger partial charge in [0.1, 0.15) is 6.04 Å². The smallest absolute Gasteiger partial charge is 0.308 e. The summed E-state index contributed by atoms with van der Waals surface area (Å²) >= 11 is 1.53. The van der Waals surface area contributed by atoms with Gasteiger partial charge in [-0.15, -0.1) is 18.3 Å². The van der Waals surface area contributed by atoms with Crippen molar-refractivity contribution >= 4 is 29.5 Å². The molecule has 0 aliphatic carbocycles. The number of hydrogen-bond donors (Lipinski definition) is 2. The Morgan fingerprint density at radius 3 is 2.57 bits per heavy atom. The molecule has 0 radical (unpaired) electrons. The lowest BCUT2D eigenvalue weighted by Gasteiger charge is -2.42. The van der Waals surface area contributed by atoms with Crippen LogP contribution in [0.2, 0.25) is 0 Å². The summed E-state index contributed by atoms with van der Waals surface area (Å²) in [6.07, 6.45) is 3.76. The zero-order valence-electron chi connectivity index (χ0n) is 18.3. The van der Waals surface area contributed by atoms with Crippen molar-refractivity contribution in [1.29, 1.82) is 0 Å². The second-order valence-electron chi connectivity index (χ2n) is 9.15. The monoisotopic (exact) mass is 438 g/mol. The Kier molecular flexibility index (Phi) is 6.58. The lowest BCUT2D eigenvalue weighted by Crippen LogP contribution is -2.59. The second-order valence-corrected chi connectivity index (χ2v) is 10.7. The van der Waals surface area contributed by atoms with Gasteiger partial charge in [0.2, 0.25) is 11.8 Å².